The summed E-state index contributed by atoms with van der Waals surface area (Å²) in [6.45, 7) is 8.16. The molecule has 0 aliphatic rings. The molecule has 0 fully saturated rings. The maximum Gasteiger partial charge on any atom is 0.305 e. The van der Waals surface area contributed by atoms with Crippen molar-refractivity contribution in [1.29, 1.82) is 0 Å². The van der Waals surface area contributed by atoms with Crippen LogP contribution in [0.1, 0.15) is 86.0 Å². The molecule has 0 amide bonds. The zero-order valence-electron chi connectivity index (χ0n) is 22.7. The first kappa shape index (κ1) is 33.8. The smallest absolute Gasteiger partial charge is 0.305 e. The summed E-state index contributed by atoms with van der Waals surface area (Å²) in [7, 11) is 0. The lowest BCUT2D eigenvalue weighted by molar-refractivity contribution is -0.164. The molecule has 0 saturated heterocycles. The van der Waals surface area contributed by atoms with Crippen molar-refractivity contribution in [3.63, 3.8) is 0 Å². The average Bonchev–Trinajstić information content (AvgIpc) is 2.84. The third-order valence-corrected chi connectivity index (χ3v) is 5.25. The van der Waals surface area contributed by atoms with Gasteiger partial charge in [-0.25, -0.2) is 0 Å². The molecule has 0 unspecified atom stereocenters. The Bertz CT molecular complexity index is 617. The minimum atomic E-state index is -1.18. The maximum atomic E-state index is 11.9. The van der Waals surface area contributed by atoms with Crippen LogP contribution < -0.4 is 0 Å². The molecule has 0 spiro atoms. The number of aliphatic hydroxyl groups is 1. The number of hydrogen-bond donors (Lipinski definition) is 1. The molecule has 0 heterocycles. The van der Waals surface area contributed by atoms with Crippen molar-refractivity contribution in [2.24, 2.45) is 10.8 Å². The zero-order chi connectivity index (χ0) is 27.5. The molecule has 10 nitrogen and oxygen atoms in total. The van der Waals surface area contributed by atoms with Crippen molar-refractivity contribution in [3.05, 3.63) is 0 Å². The Hall–Kier alpha value is -2.20. The fourth-order valence-electron chi connectivity index (χ4n) is 2.98. The van der Waals surface area contributed by atoms with E-state index in [1.54, 1.807) is 6.92 Å². The number of aliphatic hydroxyl groups excluding tert-OH is 1. The minimum absolute atomic E-state index is 0.0133. The summed E-state index contributed by atoms with van der Waals surface area (Å²) in [5, 5.41) is 10.2. The Morgan fingerprint density at radius 2 is 0.889 bits per heavy atom. The van der Waals surface area contributed by atoms with Gasteiger partial charge in [0.2, 0.25) is 0 Å². The van der Waals surface area contributed by atoms with Crippen LogP contribution >= 0.6 is 0 Å². The van der Waals surface area contributed by atoms with E-state index in [-0.39, 0.29) is 77.3 Å². The van der Waals surface area contributed by atoms with Crippen LogP contribution in [0.3, 0.4) is 0 Å². The third-order valence-electron chi connectivity index (χ3n) is 5.25. The van der Waals surface area contributed by atoms with E-state index in [4.69, 9.17) is 23.7 Å². The lowest BCUT2D eigenvalue weighted by Crippen LogP contribution is -2.44. The lowest BCUT2D eigenvalue weighted by atomic mass is 9.91. The SMILES string of the molecule is CCCC(=O)OCC(C)(COCC(CO)(COC(=O)CCC)COC(=O)CCC)COC(=O)CCC. The Morgan fingerprint density at radius 3 is 1.19 bits per heavy atom. The van der Waals surface area contributed by atoms with Gasteiger partial charge in [0.15, 0.2) is 0 Å². The van der Waals surface area contributed by atoms with Crippen LogP contribution in [0.4, 0.5) is 0 Å². The molecular weight excluding hydrogens is 472 g/mol. The summed E-state index contributed by atoms with van der Waals surface area (Å²) >= 11 is 0. The molecule has 0 bridgehead atoms. The first-order valence-corrected chi connectivity index (χ1v) is 12.9. The molecule has 36 heavy (non-hydrogen) atoms. The summed E-state index contributed by atoms with van der Waals surface area (Å²) in [5.41, 5.74) is -2.03. The molecule has 0 saturated carbocycles. The molecule has 1 N–H and O–H groups in total. The Balaban J connectivity index is 5.38. The van der Waals surface area contributed by atoms with Gasteiger partial charge in [-0.3, -0.25) is 19.2 Å². The van der Waals surface area contributed by atoms with Crippen LogP contribution in [-0.4, -0.2) is 75.2 Å². The van der Waals surface area contributed by atoms with Crippen LogP contribution in [0.2, 0.25) is 0 Å². The number of carbonyl (C=O) groups is 4. The molecule has 0 aliphatic heterocycles. The summed E-state index contributed by atoms with van der Waals surface area (Å²) in [6.07, 6.45) is 3.50. The maximum absolute atomic E-state index is 11.9. The van der Waals surface area contributed by atoms with E-state index < -0.39 is 29.4 Å². The Kier molecular flexibility index (Phi) is 17.8. The van der Waals surface area contributed by atoms with Crippen molar-refractivity contribution in [1.82, 2.24) is 0 Å². The quantitative estimate of drug-likeness (QED) is 0.178. The highest BCUT2D eigenvalue weighted by Crippen LogP contribution is 2.24. The molecular formula is C26H46O10. The van der Waals surface area contributed by atoms with Crippen molar-refractivity contribution < 1.29 is 48.0 Å². The van der Waals surface area contributed by atoms with Crippen LogP contribution in [0.25, 0.3) is 0 Å². The predicted molar refractivity (Wildman–Crippen MR) is 132 cm³/mol. The summed E-state index contributed by atoms with van der Waals surface area (Å²) in [5.74, 6) is -1.57. The van der Waals surface area contributed by atoms with Gasteiger partial charge >= 0.3 is 23.9 Å². The monoisotopic (exact) mass is 518 g/mol. The van der Waals surface area contributed by atoms with Crippen LogP contribution in [-0.2, 0) is 42.9 Å². The Labute approximate surface area is 215 Å². The highest BCUT2D eigenvalue weighted by molar-refractivity contribution is 5.70. The largest absolute Gasteiger partial charge is 0.465 e. The summed E-state index contributed by atoms with van der Waals surface area (Å²) < 4.78 is 27.3. The molecule has 10 heteroatoms. The van der Waals surface area contributed by atoms with E-state index in [0.717, 1.165) is 0 Å². The standard InChI is InChI=1S/C26H46O10/c1-6-10-21(28)33-16-25(5,17-34-22(29)11-7-2)15-32-18-26(14-27,19-35-23(30)12-8-3)20-36-24(31)13-9-4/h27H,6-20H2,1-5H3. The minimum Gasteiger partial charge on any atom is -0.465 e. The number of carbonyl (C=O) groups excluding carboxylic acids is 4. The second-order valence-electron chi connectivity index (χ2n) is 9.60. The lowest BCUT2D eigenvalue weighted by Gasteiger charge is -2.33. The van der Waals surface area contributed by atoms with Gasteiger partial charge in [0.25, 0.3) is 0 Å². The van der Waals surface area contributed by atoms with Gasteiger partial charge < -0.3 is 28.8 Å². The molecule has 0 aliphatic carbocycles. The summed E-state index contributed by atoms with van der Waals surface area (Å²) in [4.78, 5) is 47.7. The average molecular weight is 519 g/mol. The molecule has 0 aromatic carbocycles. The van der Waals surface area contributed by atoms with Gasteiger partial charge in [-0.1, -0.05) is 34.6 Å². The fourth-order valence-corrected chi connectivity index (χ4v) is 2.98. The molecule has 0 aromatic heterocycles. The van der Waals surface area contributed by atoms with Gasteiger partial charge in [0.1, 0.15) is 26.4 Å². The van der Waals surface area contributed by atoms with Gasteiger partial charge in [-0.2, -0.15) is 0 Å². The highest BCUT2D eigenvalue weighted by Gasteiger charge is 2.36. The van der Waals surface area contributed by atoms with Gasteiger partial charge in [-0.05, 0) is 25.7 Å². The molecule has 0 atom stereocenters. The first-order valence-electron chi connectivity index (χ1n) is 12.9. The number of hydrogen-bond acceptors (Lipinski definition) is 10. The van der Waals surface area contributed by atoms with Crippen LogP contribution in [0, 0.1) is 10.8 Å². The number of esters is 4. The molecule has 0 rings (SSSR count). The number of rotatable bonds is 21. The third kappa shape index (κ3) is 15.0. The van der Waals surface area contributed by atoms with E-state index in [9.17, 15) is 24.3 Å². The van der Waals surface area contributed by atoms with Crippen LogP contribution in [0.15, 0.2) is 0 Å². The van der Waals surface area contributed by atoms with Gasteiger partial charge in [-0.15, -0.1) is 0 Å². The second kappa shape index (κ2) is 19.0. The van der Waals surface area contributed by atoms with Crippen molar-refractivity contribution in [2.45, 2.75) is 86.0 Å². The van der Waals surface area contributed by atoms with Gasteiger partial charge in [0.05, 0.1) is 30.7 Å². The molecule has 210 valence electrons. The number of ether oxygens (including phenoxy) is 5. The van der Waals surface area contributed by atoms with E-state index >= 15 is 0 Å². The van der Waals surface area contributed by atoms with Crippen LogP contribution in [0.5, 0.6) is 0 Å². The summed E-state index contributed by atoms with van der Waals surface area (Å²) in [6, 6.07) is 0. The van der Waals surface area contributed by atoms with Crippen molar-refractivity contribution in [2.75, 3.05) is 46.2 Å². The Morgan fingerprint density at radius 1 is 0.556 bits per heavy atom. The predicted octanol–water partition coefficient (Wildman–Crippen LogP) is 3.36. The van der Waals surface area contributed by atoms with E-state index in [0.29, 0.717) is 25.7 Å². The van der Waals surface area contributed by atoms with E-state index in [1.165, 1.54) is 0 Å². The van der Waals surface area contributed by atoms with Gasteiger partial charge in [0, 0.05) is 25.7 Å². The van der Waals surface area contributed by atoms with Crippen molar-refractivity contribution >= 4 is 23.9 Å². The second-order valence-corrected chi connectivity index (χ2v) is 9.60. The van der Waals surface area contributed by atoms with Crippen molar-refractivity contribution in [3.8, 4) is 0 Å². The molecule has 0 radical (unpaired) electrons. The van der Waals surface area contributed by atoms with E-state index in [2.05, 4.69) is 0 Å². The zero-order valence-corrected chi connectivity index (χ0v) is 22.7. The van der Waals surface area contributed by atoms with E-state index in [1.807, 2.05) is 27.7 Å². The first-order chi connectivity index (χ1) is 17.1. The fraction of sp³-hybridized carbons (Fsp3) is 0.846. The highest BCUT2D eigenvalue weighted by atomic mass is 16.6. The topological polar surface area (TPSA) is 135 Å². The normalized spacial score (nSPS) is 11.6. The molecule has 0 aromatic rings.